The third-order valence-electron chi connectivity index (χ3n) is 3.07. The van der Waals surface area contributed by atoms with Crippen molar-refractivity contribution in [3.05, 3.63) is 35.6 Å². The van der Waals surface area contributed by atoms with E-state index in [2.05, 4.69) is 5.32 Å². The van der Waals surface area contributed by atoms with Crippen molar-refractivity contribution in [3.8, 4) is 0 Å². The van der Waals surface area contributed by atoms with Crippen LogP contribution < -0.4 is 5.32 Å². The lowest BCUT2D eigenvalue weighted by molar-refractivity contribution is -0.142. The third kappa shape index (κ3) is 4.31. The molecule has 2 rings (SSSR count). The molecule has 0 atom stereocenters. The van der Waals surface area contributed by atoms with Gasteiger partial charge in [-0.3, -0.25) is 9.59 Å². The van der Waals surface area contributed by atoms with Crippen molar-refractivity contribution < 1.29 is 18.7 Å². The maximum absolute atomic E-state index is 12.7. The average Bonchev–Trinajstić information content (AvgIpc) is 2.43. The molecule has 1 fully saturated rings. The van der Waals surface area contributed by atoms with E-state index in [1.807, 2.05) is 0 Å². The molecule has 0 aliphatic carbocycles. The topological polar surface area (TPSA) is 58.6 Å². The second kappa shape index (κ2) is 7.00. The Morgan fingerprint density at radius 2 is 2.10 bits per heavy atom. The Morgan fingerprint density at radius 1 is 1.35 bits per heavy atom. The minimum Gasteiger partial charge on any atom is -0.370 e. The molecule has 0 unspecified atom stereocenters. The Kier molecular flexibility index (Phi) is 5.06. The Labute approximate surface area is 116 Å². The van der Waals surface area contributed by atoms with Gasteiger partial charge in [0.25, 0.3) is 0 Å². The number of amides is 2. The molecule has 0 spiro atoms. The van der Waals surface area contributed by atoms with E-state index in [0.717, 1.165) is 5.56 Å². The number of hydrogen-bond donors (Lipinski definition) is 1. The summed E-state index contributed by atoms with van der Waals surface area (Å²) in [5.74, 6) is -0.513. The standard InChI is InChI=1S/C14H17FN2O3/c15-12-3-1-11(2-4-12)9-13(18)16-5-6-17-7-8-20-10-14(17)19/h1-4H,5-10H2,(H,16,18). The molecule has 1 aromatic rings. The molecule has 1 heterocycles. The summed E-state index contributed by atoms with van der Waals surface area (Å²) < 4.78 is 17.7. The number of benzene rings is 1. The van der Waals surface area contributed by atoms with Gasteiger partial charge in [-0.2, -0.15) is 0 Å². The van der Waals surface area contributed by atoms with E-state index < -0.39 is 0 Å². The first-order chi connectivity index (χ1) is 9.65. The summed E-state index contributed by atoms with van der Waals surface area (Å²) in [7, 11) is 0. The van der Waals surface area contributed by atoms with Crippen molar-refractivity contribution in [1.29, 1.82) is 0 Å². The fourth-order valence-electron chi connectivity index (χ4n) is 1.97. The molecular weight excluding hydrogens is 263 g/mol. The number of halogens is 1. The first-order valence-electron chi connectivity index (χ1n) is 6.52. The number of carbonyl (C=O) groups excluding carboxylic acids is 2. The van der Waals surface area contributed by atoms with E-state index in [0.29, 0.717) is 26.2 Å². The quantitative estimate of drug-likeness (QED) is 0.846. The van der Waals surface area contributed by atoms with Crippen LogP contribution >= 0.6 is 0 Å². The number of nitrogens with zero attached hydrogens (tertiary/aromatic N) is 1. The summed E-state index contributed by atoms with van der Waals surface area (Å²) in [6.07, 6.45) is 0.206. The van der Waals surface area contributed by atoms with Crippen LogP contribution in [-0.2, 0) is 20.7 Å². The van der Waals surface area contributed by atoms with Crippen LogP contribution in [0.2, 0.25) is 0 Å². The van der Waals surface area contributed by atoms with Crippen molar-refractivity contribution in [2.24, 2.45) is 0 Å². The van der Waals surface area contributed by atoms with Crippen LogP contribution in [-0.4, -0.2) is 49.6 Å². The average molecular weight is 280 g/mol. The van der Waals surface area contributed by atoms with Gasteiger partial charge in [-0.25, -0.2) is 4.39 Å². The molecule has 0 bridgehead atoms. The highest BCUT2D eigenvalue weighted by Crippen LogP contribution is 2.03. The van der Waals surface area contributed by atoms with Gasteiger partial charge in [-0.15, -0.1) is 0 Å². The van der Waals surface area contributed by atoms with Gasteiger partial charge in [-0.1, -0.05) is 12.1 Å². The van der Waals surface area contributed by atoms with Gasteiger partial charge in [0.1, 0.15) is 12.4 Å². The number of rotatable bonds is 5. The van der Waals surface area contributed by atoms with Gasteiger partial charge in [0.2, 0.25) is 11.8 Å². The molecule has 1 aliphatic rings. The fourth-order valence-corrected chi connectivity index (χ4v) is 1.97. The zero-order valence-corrected chi connectivity index (χ0v) is 11.1. The van der Waals surface area contributed by atoms with Crippen molar-refractivity contribution in [1.82, 2.24) is 10.2 Å². The van der Waals surface area contributed by atoms with E-state index in [9.17, 15) is 14.0 Å². The molecule has 0 saturated carbocycles. The van der Waals surface area contributed by atoms with Crippen LogP contribution in [0.4, 0.5) is 4.39 Å². The largest absolute Gasteiger partial charge is 0.370 e. The second-order valence-corrected chi connectivity index (χ2v) is 4.59. The summed E-state index contributed by atoms with van der Waals surface area (Å²) in [5.41, 5.74) is 0.756. The molecule has 5 nitrogen and oxygen atoms in total. The summed E-state index contributed by atoms with van der Waals surface area (Å²) in [4.78, 5) is 24.8. The monoisotopic (exact) mass is 280 g/mol. The van der Waals surface area contributed by atoms with Crippen LogP contribution in [0.1, 0.15) is 5.56 Å². The molecule has 0 radical (unpaired) electrons. The number of hydrogen-bond acceptors (Lipinski definition) is 3. The summed E-state index contributed by atoms with van der Waals surface area (Å²) in [6.45, 7) is 2.11. The van der Waals surface area contributed by atoms with Gasteiger partial charge in [0, 0.05) is 19.6 Å². The lowest BCUT2D eigenvalue weighted by Gasteiger charge is -2.26. The van der Waals surface area contributed by atoms with Gasteiger partial charge >= 0.3 is 0 Å². The lowest BCUT2D eigenvalue weighted by atomic mass is 10.1. The predicted octanol–water partition coefficient (Wildman–Crippen LogP) is 0.343. The van der Waals surface area contributed by atoms with Crippen molar-refractivity contribution >= 4 is 11.8 Å². The molecular formula is C14H17FN2O3. The Morgan fingerprint density at radius 3 is 2.80 bits per heavy atom. The van der Waals surface area contributed by atoms with Crippen molar-refractivity contribution in [3.63, 3.8) is 0 Å². The normalized spacial score (nSPS) is 15.2. The Balaban J connectivity index is 1.69. The van der Waals surface area contributed by atoms with E-state index >= 15 is 0 Å². The van der Waals surface area contributed by atoms with E-state index in [4.69, 9.17) is 4.74 Å². The number of carbonyl (C=O) groups is 2. The zero-order chi connectivity index (χ0) is 14.4. The molecule has 108 valence electrons. The highest BCUT2D eigenvalue weighted by atomic mass is 19.1. The van der Waals surface area contributed by atoms with Gasteiger partial charge < -0.3 is 15.0 Å². The smallest absolute Gasteiger partial charge is 0.248 e. The zero-order valence-electron chi connectivity index (χ0n) is 11.1. The maximum atomic E-state index is 12.7. The Bertz CT molecular complexity index is 476. The van der Waals surface area contributed by atoms with Crippen LogP contribution in [0, 0.1) is 5.82 Å². The van der Waals surface area contributed by atoms with Crippen LogP contribution in [0.3, 0.4) is 0 Å². The molecule has 1 aromatic carbocycles. The fraction of sp³-hybridized carbons (Fsp3) is 0.429. The van der Waals surface area contributed by atoms with Crippen LogP contribution in [0.15, 0.2) is 24.3 Å². The van der Waals surface area contributed by atoms with Crippen LogP contribution in [0.5, 0.6) is 0 Å². The molecule has 1 saturated heterocycles. The first-order valence-corrected chi connectivity index (χ1v) is 6.52. The summed E-state index contributed by atoms with van der Waals surface area (Å²) >= 11 is 0. The maximum Gasteiger partial charge on any atom is 0.248 e. The highest BCUT2D eigenvalue weighted by Gasteiger charge is 2.17. The minimum absolute atomic E-state index is 0.0518. The number of ether oxygens (including phenoxy) is 1. The van der Waals surface area contributed by atoms with Crippen LogP contribution in [0.25, 0.3) is 0 Å². The molecule has 1 aliphatic heterocycles. The molecule has 2 amide bonds. The van der Waals surface area contributed by atoms with Crippen molar-refractivity contribution in [2.75, 3.05) is 32.8 Å². The number of morpholine rings is 1. The summed E-state index contributed by atoms with van der Waals surface area (Å²) in [6, 6.07) is 5.82. The van der Waals surface area contributed by atoms with E-state index in [1.54, 1.807) is 17.0 Å². The van der Waals surface area contributed by atoms with Gasteiger partial charge in [0.15, 0.2) is 0 Å². The van der Waals surface area contributed by atoms with E-state index in [1.165, 1.54) is 12.1 Å². The first kappa shape index (κ1) is 14.5. The van der Waals surface area contributed by atoms with Gasteiger partial charge in [-0.05, 0) is 17.7 Å². The molecule has 0 aromatic heterocycles. The van der Waals surface area contributed by atoms with E-state index in [-0.39, 0.29) is 30.7 Å². The molecule has 1 N–H and O–H groups in total. The SMILES string of the molecule is O=C(Cc1ccc(F)cc1)NCCN1CCOCC1=O. The number of nitrogens with one attached hydrogen (secondary N) is 1. The minimum atomic E-state index is -0.319. The second-order valence-electron chi connectivity index (χ2n) is 4.59. The summed E-state index contributed by atoms with van der Waals surface area (Å²) in [5, 5.41) is 2.75. The Hall–Kier alpha value is -1.95. The molecule has 20 heavy (non-hydrogen) atoms. The predicted molar refractivity (Wildman–Crippen MR) is 70.5 cm³/mol. The third-order valence-corrected chi connectivity index (χ3v) is 3.07. The highest BCUT2D eigenvalue weighted by molar-refractivity contribution is 5.79. The van der Waals surface area contributed by atoms with Crippen molar-refractivity contribution in [2.45, 2.75) is 6.42 Å². The van der Waals surface area contributed by atoms with Gasteiger partial charge in [0.05, 0.1) is 13.0 Å². The lowest BCUT2D eigenvalue weighted by Crippen LogP contribution is -2.45. The molecule has 6 heteroatoms.